The molecule has 1 saturated heterocycles. The molecule has 1 aromatic rings. The highest BCUT2D eigenvalue weighted by molar-refractivity contribution is 5.75. The molecule has 0 radical (unpaired) electrons. The summed E-state index contributed by atoms with van der Waals surface area (Å²) >= 11 is 0. The maximum absolute atomic E-state index is 10.6. The minimum absolute atomic E-state index is 0.156. The van der Waals surface area contributed by atoms with Crippen LogP contribution in [-0.2, 0) is 26.1 Å². The number of fused-ring (bicyclic) bond motifs is 3. The smallest absolute Gasteiger partial charge is 0.364 e. The van der Waals surface area contributed by atoms with Crippen LogP contribution < -0.4 is 5.73 Å². The number of benzene rings is 1. The number of hydrogen-bond donors (Lipinski definition) is 2. The summed E-state index contributed by atoms with van der Waals surface area (Å²) in [5.74, 6) is -1.14. The minimum atomic E-state index is -1.45. The highest BCUT2D eigenvalue weighted by Crippen LogP contribution is 2.56. The molecular weight excluding hydrogens is 402 g/mol. The zero-order chi connectivity index (χ0) is 23.9. The van der Waals surface area contributed by atoms with Gasteiger partial charge in [0.1, 0.15) is 0 Å². The first kappa shape index (κ1) is 25.2. The summed E-state index contributed by atoms with van der Waals surface area (Å²) < 4.78 is 10.2. The van der Waals surface area contributed by atoms with Crippen molar-refractivity contribution in [2.24, 2.45) is 17.1 Å². The highest BCUT2D eigenvalue weighted by Gasteiger charge is 2.51. The number of aryl methyl sites for hydroxylation is 1. The number of carbonyl (C=O) groups is 1. The van der Waals surface area contributed by atoms with Crippen LogP contribution in [0.5, 0.6) is 0 Å². The molecule has 1 heterocycles. The molecule has 32 heavy (non-hydrogen) atoms. The molecule has 5 nitrogen and oxygen atoms in total. The molecule has 1 aromatic carbocycles. The second-order valence-corrected chi connectivity index (χ2v) is 11.2. The van der Waals surface area contributed by atoms with Crippen LogP contribution in [0.3, 0.4) is 0 Å². The van der Waals surface area contributed by atoms with Gasteiger partial charge in [0.25, 0.3) is 5.79 Å². The molecule has 1 aliphatic heterocycles. The lowest BCUT2D eigenvalue weighted by Gasteiger charge is -2.55. The van der Waals surface area contributed by atoms with Crippen molar-refractivity contribution >= 4 is 5.97 Å². The topological polar surface area (TPSA) is 81.8 Å². The SMILES string of the molecule is CC(C)c1ccc2c(c1)CCC1C(C)(CN)CCCC21C.CC1OC(C)(C(=O)O)OC1C. The Balaban J connectivity index is 0.000000222. The number of aliphatic carboxylic acids is 1. The van der Waals surface area contributed by atoms with E-state index >= 15 is 0 Å². The quantitative estimate of drug-likeness (QED) is 0.652. The molecule has 1 saturated carbocycles. The summed E-state index contributed by atoms with van der Waals surface area (Å²) in [5.41, 5.74) is 11.6. The van der Waals surface area contributed by atoms with Crippen LogP contribution >= 0.6 is 0 Å². The van der Waals surface area contributed by atoms with Crippen molar-refractivity contribution in [1.29, 1.82) is 0 Å². The van der Waals surface area contributed by atoms with Crippen LogP contribution in [0.2, 0.25) is 0 Å². The first-order chi connectivity index (χ1) is 14.9. The lowest BCUT2D eigenvalue weighted by molar-refractivity contribution is -0.201. The Hall–Kier alpha value is -1.43. The normalized spacial score (nSPS) is 38.5. The van der Waals surface area contributed by atoms with E-state index in [1.807, 2.05) is 0 Å². The Kier molecular flexibility index (Phi) is 7.15. The molecular formula is C27H43NO4. The molecule has 5 unspecified atom stereocenters. The van der Waals surface area contributed by atoms with Crippen LogP contribution in [0.25, 0.3) is 0 Å². The summed E-state index contributed by atoms with van der Waals surface area (Å²) in [5, 5.41) is 8.66. The molecule has 2 aliphatic carbocycles. The maximum atomic E-state index is 10.6. The number of nitrogens with two attached hydrogens (primary N) is 1. The summed E-state index contributed by atoms with van der Waals surface area (Å²) in [6, 6.07) is 7.29. The second kappa shape index (κ2) is 9.08. The summed E-state index contributed by atoms with van der Waals surface area (Å²) in [4.78, 5) is 10.6. The van der Waals surface area contributed by atoms with Gasteiger partial charge in [-0.1, -0.05) is 52.3 Å². The molecule has 3 N–H and O–H groups in total. The number of rotatable bonds is 3. The van der Waals surface area contributed by atoms with Crippen molar-refractivity contribution in [2.45, 2.75) is 110 Å². The van der Waals surface area contributed by atoms with E-state index in [-0.39, 0.29) is 12.2 Å². The highest BCUT2D eigenvalue weighted by atomic mass is 16.8. The Morgan fingerprint density at radius 3 is 2.28 bits per heavy atom. The van der Waals surface area contributed by atoms with Crippen molar-refractivity contribution in [2.75, 3.05) is 6.54 Å². The predicted octanol–water partition coefficient (Wildman–Crippen LogP) is 5.39. The molecule has 5 atom stereocenters. The van der Waals surface area contributed by atoms with E-state index in [1.165, 1.54) is 44.6 Å². The van der Waals surface area contributed by atoms with Crippen molar-refractivity contribution in [3.63, 3.8) is 0 Å². The lowest BCUT2D eigenvalue weighted by Crippen LogP contribution is -2.51. The fourth-order valence-electron chi connectivity index (χ4n) is 6.28. The average Bonchev–Trinajstić information content (AvgIpc) is 3.01. The van der Waals surface area contributed by atoms with Crippen LogP contribution in [-0.4, -0.2) is 35.6 Å². The molecule has 180 valence electrons. The lowest BCUT2D eigenvalue weighted by atomic mass is 9.50. The summed E-state index contributed by atoms with van der Waals surface area (Å²) in [6.07, 6.45) is 6.22. The Bertz CT molecular complexity index is 827. The fraction of sp³-hybridized carbons (Fsp3) is 0.741. The fourth-order valence-corrected chi connectivity index (χ4v) is 6.28. The predicted molar refractivity (Wildman–Crippen MR) is 128 cm³/mol. The number of carboxylic acid groups (broad SMARTS) is 1. The van der Waals surface area contributed by atoms with Gasteiger partial charge in [-0.05, 0) is 85.4 Å². The molecule has 0 amide bonds. The molecule has 3 aliphatic rings. The third-order valence-electron chi connectivity index (χ3n) is 8.51. The van der Waals surface area contributed by atoms with Gasteiger partial charge in [0, 0.05) is 6.92 Å². The Morgan fingerprint density at radius 2 is 1.78 bits per heavy atom. The standard InChI is InChI=1S/C20H31N.C7H12O4/c1-14(2)15-6-8-17-16(12-15)7-9-18-19(3,13-21)10-5-11-20(17,18)4;1-4-5(2)11-7(3,10-4)6(8)9/h6,8,12,14,18H,5,7,9-11,13,21H2,1-4H3;4-5H,1-3H3,(H,8,9). The van der Waals surface area contributed by atoms with Crippen molar-refractivity contribution in [3.8, 4) is 0 Å². The van der Waals surface area contributed by atoms with Crippen molar-refractivity contribution < 1.29 is 19.4 Å². The number of carboxylic acids is 1. The van der Waals surface area contributed by atoms with Gasteiger partial charge >= 0.3 is 5.97 Å². The number of ether oxygens (including phenoxy) is 2. The zero-order valence-corrected chi connectivity index (χ0v) is 21.0. The zero-order valence-electron chi connectivity index (χ0n) is 21.0. The van der Waals surface area contributed by atoms with Gasteiger partial charge in [-0.25, -0.2) is 4.79 Å². The number of hydrogen-bond acceptors (Lipinski definition) is 4. The van der Waals surface area contributed by atoms with E-state index in [0.717, 1.165) is 12.5 Å². The van der Waals surface area contributed by atoms with Gasteiger partial charge in [0.2, 0.25) is 0 Å². The maximum Gasteiger partial charge on any atom is 0.364 e. The first-order valence-corrected chi connectivity index (χ1v) is 12.3. The molecule has 0 spiro atoms. The molecule has 0 aromatic heterocycles. The van der Waals surface area contributed by atoms with Crippen molar-refractivity contribution in [1.82, 2.24) is 0 Å². The molecule has 0 bridgehead atoms. The summed E-state index contributed by atoms with van der Waals surface area (Å²) in [6.45, 7) is 15.4. The van der Waals surface area contributed by atoms with Crippen LogP contribution in [0.4, 0.5) is 0 Å². The first-order valence-electron chi connectivity index (χ1n) is 12.3. The summed E-state index contributed by atoms with van der Waals surface area (Å²) in [7, 11) is 0. The van der Waals surface area contributed by atoms with E-state index in [0.29, 0.717) is 16.7 Å². The van der Waals surface area contributed by atoms with E-state index in [4.69, 9.17) is 20.3 Å². The molecule has 2 fully saturated rings. The van der Waals surface area contributed by atoms with Gasteiger partial charge in [-0.15, -0.1) is 0 Å². The van der Waals surface area contributed by atoms with Gasteiger partial charge in [-0.2, -0.15) is 0 Å². The Morgan fingerprint density at radius 1 is 1.16 bits per heavy atom. The van der Waals surface area contributed by atoms with Gasteiger partial charge < -0.3 is 20.3 Å². The molecule has 4 rings (SSSR count). The Labute approximate surface area is 194 Å². The van der Waals surface area contributed by atoms with Gasteiger partial charge in [0.05, 0.1) is 12.2 Å². The van der Waals surface area contributed by atoms with E-state index in [2.05, 4.69) is 45.9 Å². The molecule has 5 heteroatoms. The third kappa shape index (κ3) is 4.49. The van der Waals surface area contributed by atoms with Crippen LogP contribution in [0, 0.1) is 11.3 Å². The van der Waals surface area contributed by atoms with Gasteiger partial charge in [0.15, 0.2) is 0 Å². The van der Waals surface area contributed by atoms with E-state index < -0.39 is 11.8 Å². The van der Waals surface area contributed by atoms with E-state index in [9.17, 15) is 4.79 Å². The van der Waals surface area contributed by atoms with E-state index in [1.54, 1.807) is 25.0 Å². The average molecular weight is 446 g/mol. The largest absolute Gasteiger partial charge is 0.477 e. The third-order valence-corrected chi connectivity index (χ3v) is 8.51. The van der Waals surface area contributed by atoms with Gasteiger partial charge in [-0.3, -0.25) is 0 Å². The second-order valence-electron chi connectivity index (χ2n) is 11.2. The van der Waals surface area contributed by atoms with Crippen LogP contribution in [0.1, 0.15) is 96.8 Å². The minimum Gasteiger partial charge on any atom is -0.477 e. The van der Waals surface area contributed by atoms with Crippen LogP contribution in [0.15, 0.2) is 18.2 Å². The monoisotopic (exact) mass is 445 g/mol. The van der Waals surface area contributed by atoms with Crippen molar-refractivity contribution in [3.05, 3.63) is 34.9 Å².